The number of carbonyl (C=O) groups is 1. The fourth-order valence-electron chi connectivity index (χ4n) is 1.93. The van der Waals surface area contributed by atoms with Crippen LogP contribution in [0.3, 0.4) is 0 Å². The van der Waals surface area contributed by atoms with E-state index in [4.69, 9.17) is 23.2 Å². The summed E-state index contributed by atoms with van der Waals surface area (Å²) < 4.78 is 0. The quantitative estimate of drug-likeness (QED) is 0.893. The lowest BCUT2D eigenvalue weighted by Gasteiger charge is -2.21. The number of amides is 1. The average molecular weight is 319 g/mol. The minimum absolute atomic E-state index is 0.00178. The fourth-order valence-corrected chi connectivity index (χ4v) is 3.25. The standard InChI is InChI=1S/C13H16Cl2N2OS/c14-11-2-1-9(7-12(11)15)17-13(18)8-19-10-3-5-16-6-4-10/h1-2,7,10,16H,3-6,8H2,(H,17,18). The first-order chi connectivity index (χ1) is 9.15. The molecule has 2 rings (SSSR count). The monoisotopic (exact) mass is 318 g/mol. The molecule has 3 nitrogen and oxygen atoms in total. The maximum Gasteiger partial charge on any atom is 0.234 e. The Morgan fingerprint density at radius 3 is 2.74 bits per heavy atom. The molecule has 1 aromatic carbocycles. The molecule has 1 aliphatic rings. The molecule has 1 aromatic rings. The summed E-state index contributed by atoms with van der Waals surface area (Å²) in [6.07, 6.45) is 2.26. The zero-order valence-corrected chi connectivity index (χ0v) is 12.7. The van der Waals surface area contributed by atoms with Crippen molar-refractivity contribution < 1.29 is 4.79 Å². The van der Waals surface area contributed by atoms with E-state index in [1.54, 1.807) is 30.0 Å². The molecule has 1 fully saturated rings. The number of rotatable bonds is 4. The van der Waals surface area contributed by atoms with Crippen LogP contribution in [0.15, 0.2) is 18.2 Å². The van der Waals surface area contributed by atoms with E-state index in [9.17, 15) is 4.79 Å². The van der Waals surface area contributed by atoms with E-state index in [0.717, 1.165) is 25.9 Å². The summed E-state index contributed by atoms with van der Waals surface area (Å²) >= 11 is 13.4. The van der Waals surface area contributed by atoms with Crippen LogP contribution in [0.5, 0.6) is 0 Å². The summed E-state index contributed by atoms with van der Waals surface area (Å²) in [7, 11) is 0. The van der Waals surface area contributed by atoms with E-state index >= 15 is 0 Å². The van der Waals surface area contributed by atoms with E-state index in [-0.39, 0.29) is 5.91 Å². The van der Waals surface area contributed by atoms with Crippen LogP contribution in [-0.4, -0.2) is 30.0 Å². The maximum atomic E-state index is 11.8. The van der Waals surface area contributed by atoms with Crippen LogP contribution >= 0.6 is 35.0 Å². The molecule has 104 valence electrons. The van der Waals surface area contributed by atoms with E-state index in [1.807, 2.05) is 0 Å². The Bertz CT molecular complexity index is 450. The van der Waals surface area contributed by atoms with Crippen molar-refractivity contribution in [2.45, 2.75) is 18.1 Å². The number of hydrogen-bond donors (Lipinski definition) is 2. The van der Waals surface area contributed by atoms with E-state index in [2.05, 4.69) is 10.6 Å². The molecule has 0 atom stereocenters. The van der Waals surface area contributed by atoms with Gasteiger partial charge in [0.05, 0.1) is 15.8 Å². The highest BCUT2D eigenvalue weighted by molar-refractivity contribution is 8.00. The van der Waals surface area contributed by atoms with Gasteiger partial charge in [-0.25, -0.2) is 0 Å². The maximum absolute atomic E-state index is 11.8. The SMILES string of the molecule is O=C(CSC1CCNCC1)Nc1ccc(Cl)c(Cl)c1. The lowest BCUT2D eigenvalue weighted by Crippen LogP contribution is -2.30. The van der Waals surface area contributed by atoms with Crippen molar-refractivity contribution in [3.63, 3.8) is 0 Å². The summed E-state index contributed by atoms with van der Waals surface area (Å²) in [4.78, 5) is 11.8. The molecule has 1 aliphatic heterocycles. The van der Waals surface area contributed by atoms with Crippen LogP contribution < -0.4 is 10.6 Å². The molecular weight excluding hydrogens is 303 g/mol. The second-order valence-corrected chi connectivity index (χ2v) is 6.54. The minimum atomic E-state index is 0.00178. The van der Waals surface area contributed by atoms with Crippen LogP contribution in [-0.2, 0) is 4.79 Å². The molecule has 0 aliphatic carbocycles. The number of nitrogens with one attached hydrogen (secondary N) is 2. The van der Waals surface area contributed by atoms with Crippen molar-refractivity contribution >= 4 is 46.6 Å². The average Bonchev–Trinajstić information content (AvgIpc) is 2.42. The van der Waals surface area contributed by atoms with Gasteiger partial charge < -0.3 is 10.6 Å². The molecule has 0 saturated carbocycles. The predicted molar refractivity (Wildman–Crippen MR) is 83.4 cm³/mol. The van der Waals surface area contributed by atoms with Crippen molar-refractivity contribution in [2.24, 2.45) is 0 Å². The van der Waals surface area contributed by atoms with Gasteiger partial charge in [0.2, 0.25) is 5.91 Å². The van der Waals surface area contributed by atoms with Gasteiger partial charge in [-0.3, -0.25) is 4.79 Å². The van der Waals surface area contributed by atoms with Gasteiger partial charge in [0.25, 0.3) is 0 Å². The Kier molecular flexibility index (Phi) is 5.82. The van der Waals surface area contributed by atoms with Gasteiger partial charge in [0.1, 0.15) is 0 Å². The second-order valence-electron chi connectivity index (χ2n) is 4.44. The summed E-state index contributed by atoms with van der Waals surface area (Å²) in [6, 6.07) is 5.09. The molecule has 1 amide bonds. The molecule has 1 heterocycles. The third kappa shape index (κ3) is 4.88. The third-order valence-corrected chi connectivity index (χ3v) is 5.05. The zero-order valence-electron chi connectivity index (χ0n) is 10.4. The largest absolute Gasteiger partial charge is 0.325 e. The first-order valence-corrected chi connectivity index (χ1v) is 8.03. The lowest BCUT2D eigenvalue weighted by molar-refractivity contribution is -0.113. The van der Waals surface area contributed by atoms with Crippen LogP contribution in [0, 0.1) is 0 Å². The van der Waals surface area contributed by atoms with Gasteiger partial charge in [0, 0.05) is 10.9 Å². The fraction of sp³-hybridized carbons (Fsp3) is 0.462. The summed E-state index contributed by atoms with van der Waals surface area (Å²) in [5.41, 5.74) is 0.685. The van der Waals surface area contributed by atoms with Crippen LogP contribution in [0.1, 0.15) is 12.8 Å². The summed E-state index contributed by atoms with van der Waals surface area (Å²) in [5, 5.41) is 7.67. The number of piperidine rings is 1. The number of halogens is 2. The topological polar surface area (TPSA) is 41.1 Å². The van der Waals surface area contributed by atoms with Crippen molar-refractivity contribution in [1.29, 1.82) is 0 Å². The second kappa shape index (κ2) is 7.39. The number of carbonyl (C=O) groups excluding carboxylic acids is 1. The Balaban J connectivity index is 1.78. The van der Waals surface area contributed by atoms with E-state index < -0.39 is 0 Å². The molecule has 0 unspecified atom stereocenters. The van der Waals surface area contributed by atoms with Gasteiger partial charge >= 0.3 is 0 Å². The number of thioether (sulfide) groups is 1. The number of benzene rings is 1. The lowest BCUT2D eigenvalue weighted by atomic mass is 10.2. The summed E-state index contributed by atoms with van der Waals surface area (Å²) in [5.74, 6) is 0.479. The van der Waals surface area contributed by atoms with Crippen LogP contribution in [0.25, 0.3) is 0 Å². The van der Waals surface area contributed by atoms with Crippen LogP contribution in [0.2, 0.25) is 10.0 Å². The van der Waals surface area contributed by atoms with Gasteiger partial charge in [-0.1, -0.05) is 23.2 Å². The van der Waals surface area contributed by atoms with E-state index in [1.165, 1.54) is 0 Å². The first-order valence-electron chi connectivity index (χ1n) is 6.22. The van der Waals surface area contributed by atoms with Gasteiger partial charge in [0.15, 0.2) is 0 Å². The molecule has 19 heavy (non-hydrogen) atoms. The molecule has 6 heteroatoms. The van der Waals surface area contributed by atoms with Gasteiger partial charge in [-0.05, 0) is 44.1 Å². The highest BCUT2D eigenvalue weighted by Gasteiger charge is 2.15. The van der Waals surface area contributed by atoms with Crippen molar-refractivity contribution in [3.8, 4) is 0 Å². The molecule has 1 saturated heterocycles. The Morgan fingerprint density at radius 1 is 1.32 bits per heavy atom. The zero-order chi connectivity index (χ0) is 13.7. The van der Waals surface area contributed by atoms with Crippen LogP contribution in [0.4, 0.5) is 5.69 Å². The highest BCUT2D eigenvalue weighted by atomic mass is 35.5. The Labute approximate surface area is 127 Å². The minimum Gasteiger partial charge on any atom is -0.325 e. The smallest absolute Gasteiger partial charge is 0.234 e. The highest BCUT2D eigenvalue weighted by Crippen LogP contribution is 2.25. The normalized spacial score (nSPS) is 16.3. The summed E-state index contributed by atoms with van der Waals surface area (Å²) in [6.45, 7) is 2.10. The number of anilines is 1. The molecule has 2 N–H and O–H groups in total. The third-order valence-electron chi connectivity index (χ3n) is 2.94. The van der Waals surface area contributed by atoms with Crippen molar-refractivity contribution in [3.05, 3.63) is 28.2 Å². The predicted octanol–water partition coefficient (Wildman–Crippen LogP) is 3.42. The van der Waals surface area contributed by atoms with Gasteiger partial charge in [-0.2, -0.15) is 0 Å². The molecule has 0 radical (unpaired) electrons. The molecule has 0 aromatic heterocycles. The van der Waals surface area contributed by atoms with E-state index in [0.29, 0.717) is 26.7 Å². The first kappa shape index (κ1) is 15.0. The van der Waals surface area contributed by atoms with Crippen molar-refractivity contribution in [1.82, 2.24) is 5.32 Å². The van der Waals surface area contributed by atoms with Crippen molar-refractivity contribution in [2.75, 3.05) is 24.2 Å². The molecule has 0 spiro atoms. The Morgan fingerprint density at radius 2 is 2.05 bits per heavy atom. The number of hydrogen-bond acceptors (Lipinski definition) is 3. The Hall–Kier alpha value is -0.420. The molecular formula is C13H16Cl2N2OS. The molecule has 0 bridgehead atoms. The van der Waals surface area contributed by atoms with Gasteiger partial charge in [-0.15, -0.1) is 11.8 Å².